The van der Waals surface area contributed by atoms with E-state index in [0.717, 1.165) is 22.2 Å². The highest BCUT2D eigenvalue weighted by Gasteiger charge is 2.23. The number of hydrogen-bond acceptors (Lipinski definition) is 4. The maximum absolute atomic E-state index is 12.3. The minimum Gasteiger partial charge on any atom is -0.484 e. The van der Waals surface area contributed by atoms with Gasteiger partial charge in [-0.05, 0) is 29.8 Å². The van der Waals surface area contributed by atoms with E-state index in [-0.39, 0.29) is 12.5 Å². The van der Waals surface area contributed by atoms with Crippen molar-refractivity contribution >= 4 is 40.4 Å². The van der Waals surface area contributed by atoms with Crippen molar-refractivity contribution < 1.29 is 14.3 Å². The molecule has 5 nitrogen and oxygen atoms in total. The summed E-state index contributed by atoms with van der Waals surface area (Å²) in [5, 5.41) is 3.73. The Labute approximate surface area is 144 Å². The second kappa shape index (κ2) is 6.20. The summed E-state index contributed by atoms with van der Waals surface area (Å²) in [5.74, 6) is 0.417. The van der Waals surface area contributed by atoms with Gasteiger partial charge in [0.05, 0.1) is 0 Å². The SMILES string of the molecule is O=CCOc1ccc(C=C2C(=O)Nc3ccccc32)c2cccnc12. The van der Waals surface area contributed by atoms with E-state index in [1.54, 1.807) is 12.3 Å². The first-order chi connectivity index (χ1) is 12.3. The zero-order valence-electron chi connectivity index (χ0n) is 13.2. The second-order valence-corrected chi connectivity index (χ2v) is 5.59. The number of carbonyl (C=O) groups excluding carboxylic acids is 2. The van der Waals surface area contributed by atoms with Crippen LogP contribution in [0, 0.1) is 0 Å². The quantitative estimate of drug-likeness (QED) is 0.589. The molecule has 0 spiro atoms. The number of aldehydes is 1. The normalized spacial score (nSPS) is 14.4. The maximum Gasteiger partial charge on any atom is 0.256 e. The van der Waals surface area contributed by atoms with Crippen molar-refractivity contribution in [2.45, 2.75) is 0 Å². The number of pyridine rings is 1. The van der Waals surface area contributed by atoms with Crippen LogP contribution in [0.15, 0.2) is 54.7 Å². The van der Waals surface area contributed by atoms with E-state index < -0.39 is 0 Å². The molecule has 0 unspecified atom stereocenters. The molecular formula is C20H14N2O3. The minimum absolute atomic E-state index is 0.0259. The topological polar surface area (TPSA) is 68.3 Å². The van der Waals surface area contributed by atoms with Gasteiger partial charge in [0, 0.05) is 28.4 Å². The third kappa shape index (κ3) is 2.65. The third-order valence-corrected chi connectivity index (χ3v) is 4.08. The first-order valence-electron chi connectivity index (χ1n) is 7.84. The molecule has 122 valence electrons. The number of carbonyl (C=O) groups is 2. The molecule has 0 bridgehead atoms. The second-order valence-electron chi connectivity index (χ2n) is 5.59. The van der Waals surface area contributed by atoms with E-state index in [9.17, 15) is 9.59 Å². The van der Waals surface area contributed by atoms with Gasteiger partial charge in [-0.1, -0.05) is 30.3 Å². The Hall–Kier alpha value is -3.47. The molecule has 4 rings (SSSR count). The molecule has 0 saturated carbocycles. The van der Waals surface area contributed by atoms with Crippen molar-refractivity contribution in [3.8, 4) is 5.75 Å². The lowest BCUT2D eigenvalue weighted by atomic mass is 10.0. The predicted octanol–water partition coefficient (Wildman–Crippen LogP) is 3.31. The molecule has 1 aromatic heterocycles. The number of hydrogen-bond donors (Lipinski definition) is 1. The van der Waals surface area contributed by atoms with Crippen LogP contribution in [-0.4, -0.2) is 23.8 Å². The summed E-state index contributed by atoms with van der Waals surface area (Å²) in [5.41, 5.74) is 3.83. The van der Waals surface area contributed by atoms with Gasteiger partial charge in [0.2, 0.25) is 0 Å². The predicted molar refractivity (Wildman–Crippen MR) is 96.2 cm³/mol. The van der Waals surface area contributed by atoms with Crippen LogP contribution in [0.3, 0.4) is 0 Å². The summed E-state index contributed by atoms with van der Waals surface area (Å²) in [6.45, 7) is -0.0259. The van der Waals surface area contributed by atoms with Crippen molar-refractivity contribution in [1.29, 1.82) is 0 Å². The fraction of sp³-hybridized carbons (Fsp3) is 0.0500. The summed E-state index contributed by atoms with van der Waals surface area (Å²) in [6.07, 6.45) is 4.23. The Kier molecular flexibility index (Phi) is 3.74. The highest BCUT2D eigenvalue weighted by atomic mass is 16.5. The van der Waals surface area contributed by atoms with E-state index in [1.807, 2.05) is 48.5 Å². The molecule has 0 fully saturated rings. The van der Waals surface area contributed by atoms with Crippen LogP contribution in [0.1, 0.15) is 11.1 Å². The summed E-state index contributed by atoms with van der Waals surface area (Å²) in [4.78, 5) is 27.2. The van der Waals surface area contributed by atoms with E-state index in [2.05, 4.69) is 10.3 Å². The number of aromatic nitrogens is 1. The molecule has 0 aliphatic carbocycles. The van der Waals surface area contributed by atoms with Gasteiger partial charge in [-0.25, -0.2) is 0 Å². The molecule has 1 N–H and O–H groups in total. The highest BCUT2D eigenvalue weighted by molar-refractivity contribution is 6.35. The van der Waals surface area contributed by atoms with E-state index >= 15 is 0 Å². The molecular weight excluding hydrogens is 316 g/mol. The Balaban J connectivity index is 1.86. The van der Waals surface area contributed by atoms with Gasteiger partial charge >= 0.3 is 0 Å². The Morgan fingerprint density at radius 1 is 1.08 bits per heavy atom. The lowest BCUT2D eigenvalue weighted by Crippen LogP contribution is -2.03. The number of amides is 1. The Morgan fingerprint density at radius 3 is 2.84 bits per heavy atom. The van der Waals surface area contributed by atoms with Gasteiger partial charge in [-0.15, -0.1) is 0 Å². The van der Waals surface area contributed by atoms with E-state index in [1.165, 1.54) is 0 Å². The smallest absolute Gasteiger partial charge is 0.256 e. The molecule has 3 aromatic rings. The van der Waals surface area contributed by atoms with E-state index in [4.69, 9.17) is 4.74 Å². The number of anilines is 1. The van der Waals surface area contributed by atoms with Crippen molar-refractivity contribution in [2.75, 3.05) is 11.9 Å². The van der Waals surface area contributed by atoms with Gasteiger partial charge in [0.25, 0.3) is 5.91 Å². The molecule has 0 saturated heterocycles. The Morgan fingerprint density at radius 2 is 1.96 bits per heavy atom. The zero-order chi connectivity index (χ0) is 17.2. The average Bonchev–Trinajstić information content (AvgIpc) is 2.96. The number of nitrogens with one attached hydrogen (secondary N) is 1. The van der Waals surface area contributed by atoms with Crippen LogP contribution in [-0.2, 0) is 9.59 Å². The number of rotatable bonds is 4. The van der Waals surface area contributed by atoms with Crippen LogP contribution >= 0.6 is 0 Å². The van der Waals surface area contributed by atoms with Crippen molar-refractivity contribution in [3.63, 3.8) is 0 Å². The first-order valence-corrected chi connectivity index (χ1v) is 7.84. The standard InChI is InChI=1S/C20H14N2O3/c23-10-11-25-18-8-7-13(14-5-3-9-21-19(14)18)12-16-15-4-1-2-6-17(15)22-20(16)24/h1-10,12H,11H2,(H,22,24). The lowest BCUT2D eigenvalue weighted by molar-refractivity contribution is -0.111. The Bertz CT molecular complexity index is 1020. The molecule has 2 heterocycles. The van der Waals surface area contributed by atoms with Crippen LogP contribution < -0.4 is 10.1 Å². The summed E-state index contributed by atoms with van der Waals surface area (Å²) < 4.78 is 5.44. The average molecular weight is 330 g/mol. The lowest BCUT2D eigenvalue weighted by Gasteiger charge is -2.09. The summed E-state index contributed by atoms with van der Waals surface area (Å²) in [7, 11) is 0. The molecule has 5 heteroatoms. The largest absolute Gasteiger partial charge is 0.484 e. The van der Waals surface area contributed by atoms with Crippen LogP contribution in [0.5, 0.6) is 5.75 Å². The monoisotopic (exact) mass is 330 g/mol. The van der Waals surface area contributed by atoms with Crippen LogP contribution in [0.4, 0.5) is 5.69 Å². The fourth-order valence-corrected chi connectivity index (χ4v) is 2.97. The molecule has 1 amide bonds. The number of ether oxygens (including phenoxy) is 1. The van der Waals surface area contributed by atoms with Crippen molar-refractivity contribution in [2.24, 2.45) is 0 Å². The van der Waals surface area contributed by atoms with Gasteiger partial charge in [-0.3, -0.25) is 14.6 Å². The number of para-hydroxylation sites is 1. The molecule has 1 aliphatic heterocycles. The zero-order valence-corrected chi connectivity index (χ0v) is 13.2. The summed E-state index contributed by atoms with van der Waals surface area (Å²) >= 11 is 0. The van der Waals surface area contributed by atoms with Crippen LogP contribution in [0.2, 0.25) is 0 Å². The number of benzene rings is 2. The van der Waals surface area contributed by atoms with Crippen molar-refractivity contribution in [1.82, 2.24) is 4.98 Å². The maximum atomic E-state index is 12.3. The fourth-order valence-electron chi connectivity index (χ4n) is 2.97. The molecule has 1 aliphatic rings. The molecule has 0 atom stereocenters. The van der Waals surface area contributed by atoms with E-state index in [0.29, 0.717) is 23.1 Å². The van der Waals surface area contributed by atoms with Gasteiger partial charge < -0.3 is 10.1 Å². The molecule has 0 radical (unpaired) electrons. The summed E-state index contributed by atoms with van der Waals surface area (Å²) in [6, 6.07) is 15.0. The third-order valence-electron chi connectivity index (χ3n) is 4.08. The first kappa shape index (κ1) is 15.1. The molecule has 2 aromatic carbocycles. The van der Waals surface area contributed by atoms with Crippen LogP contribution in [0.25, 0.3) is 22.6 Å². The highest BCUT2D eigenvalue weighted by Crippen LogP contribution is 2.35. The molecule has 25 heavy (non-hydrogen) atoms. The van der Waals surface area contributed by atoms with Gasteiger partial charge in [0.1, 0.15) is 17.9 Å². The number of nitrogens with zero attached hydrogens (tertiary/aromatic N) is 1. The number of fused-ring (bicyclic) bond motifs is 2. The van der Waals surface area contributed by atoms with Crippen molar-refractivity contribution in [3.05, 3.63) is 65.9 Å². The minimum atomic E-state index is -0.125. The van der Waals surface area contributed by atoms with Gasteiger partial charge in [0.15, 0.2) is 6.29 Å². The van der Waals surface area contributed by atoms with Gasteiger partial charge in [-0.2, -0.15) is 0 Å².